The Morgan fingerprint density at radius 3 is 2.28 bits per heavy atom. The Bertz CT molecular complexity index is 565. The quantitative estimate of drug-likeness (QED) is 0.684. The number of thioether (sulfide) groups is 1. The fourth-order valence-corrected chi connectivity index (χ4v) is 2.64. The summed E-state index contributed by atoms with van der Waals surface area (Å²) in [6.07, 6.45) is 0. The van der Waals surface area contributed by atoms with Gasteiger partial charge >= 0.3 is 5.51 Å². The van der Waals surface area contributed by atoms with Gasteiger partial charge in [0.2, 0.25) is 5.91 Å². The number of carbonyl (C=O) groups is 1. The maximum Gasteiger partial charge on any atom is 0.442 e. The predicted octanol–water partition coefficient (Wildman–Crippen LogP) is 4.55. The highest BCUT2D eigenvalue weighted by Gasteiger charge is 2.30. The standard InChI is InChI=1S/C17H24F3NO3S/c1-5-23-13-8-7-12(9-14(13)24-6-2)16(11(3)4)21-15(22)10-25-17(18,19)20/h7-9,11,16H,5-6,10H2,1-4H3,(H,21,22). The third-order valence-electron chi connectivity index (χ3n) is 3.28. The minimum Gasteiger partial charge on any atom is -0.490 e. The molecular formula is C17H24F3NO3S. The Kier molecular flexibility index (Phi) is 8.41. The molecule has 1 N–H and O–H groups in total. The van der Waals surface area contributed by atoms with Crippen molar-refractivity contribution in [3.63, 3.8) is 0 Å². The number of benzene rings is 1. The predicted molar refractivity (Wildman–Crippen MR) is 93.0 cm³/mol. The first-order chi connectivity index (χ1) is 11.7. The molecule has 142 valence electrons. The number of amides is 1. The van der Waals surface area contributed by atoms with Gasteiger partial charge in [0.05, 0.1) is 25.0 Å². The highest BCUT2D eigenvalue weighted by Crippen LogP contribution is 2.33. The average molecular weight is 379 g/mol. The lowest BCUT2D eigenvalue weighted by atomic mass is 9.95. The Balaban J connectivity index is 2.94. The number of halogens is 3. The van der Waals surface area contributed by atoms with Gasteiger partial charge in [-0.2, -0.15) is 13.2 Å². The van der Waals surface area contributed by atoms with Crippen LogP contribution in [0.1, 0.15) is 39.3 Å². The fourth-order valence-electron chi connectivity index (χ4n) is 2.26. The molecule has 1 unspecified atom stereocenters. The summed E-state index contributed by atoms with van der Waals surface area (Å²) in [5.74, 6) is -0.191. The van der Waals surface area contributed by atoms with Crippen molar-refractivity contribution in [1.82, 2.24) is 5.32 Å². The summed E-state index contributed by atoms with van der Waals surface area (Å²) >= 11 is -0.346. The van der Waals surface area contributed by atoms with Crippen LogP contribution in [-0.2, 0) is 4.79 Å². The zero-order valence-electron chi connectivity index (χ0n) is 14.8. The Hall–Kier alpha value is -1.57. The van der Waals surface area contributed by atoms with E-state index >= 15 is 0 Å². The van der Waals surface area contributed by atoms with Crippen LogP contribution in [-0.4, -0.2) is 30.4 Å². The summed E-state index contributed by atoms with van der Waals surface area (Å²) in [6.45, 7) is 8.41. The first-order valence-electron chi connectivity index (χ1n) is 8.07. The first kappa shape index (κ1) is 21.5. The minimum absolute atomic E-state index is 0.00717. The summed E-state index contributed by atoms with van der Waals surface area (Å²) in [6, 6.07) is 4.87. The van der Waals surface area contributed by atoms with E-state index in [0.29, 0.717) is 24.7 Å². The molecular weight excluding hydrogens is 355 g/mol. The maximum atomic E-state index is 12.2. The second-order valence-corrected chi connectivity index (χ2v) is 6.64. The molecule has 0 aliphatic rings. The van der Waals surface area contributed by atoms with Crippen molar-refractivity contribution in [3.8, 4) is 11.5 Å². The van der Waals surface area contributed by atoms with Crippen molar-refractivity contribution in [2.24, 2.45) is 5.92 Å². The lowest BCUT2D eigenvalue weighted by molar-refractivity contribution is -0.119. The van der Waals surface area contributed by atoms with Crippen molar-refractivity contribution in [2.45, 2.75) is 39.2 Å². The number of hydrogen-bond acceptors (Lipinski definition) is 4. The van der Waals surface area contributed by atoms with E-state index in [2.05, 4.69) is 5.32 Å². The van der Waals surface area contributed by atoms with Gasteiger partial charge < -0.3 is 14.8 Å². The summed E-state index contributed by atoms with van der Waals surface area (Å²) in [5.41, 5.74) is -3.67. The van der Waals surface area contributed by atoms with E-state index in [4.69, 9.17) is 9.47 Å². The second-order valence-electron chi connectivity index (χ2n) is 5.60. The molecule has 1 amide bonds. The molecule has 0 aromatic heterocycles. The molecule has 0 aliphatic carbocycles. The van der Waals surface area contributed by atoms with Gasteiger partial charge in [-0.1, -0.05) is 19.9 Å². The second kappa shape index (κ2) is 9.79. The molecule has 1 aromatic rings. The van der Waals surface area contributed by atoms with E-state index in [1.54, 1.807) is 18.2 Å². The van der Waals surface area contributed by atoms with Crippen molar-refractivity contribution >= 4 is 17.7 Å². The molecule has 1 aromatic carbocycles. The molecule has 25 heavy (non-hydrogen) atoms. The van der Waals surface area contributed by atoms with Gasteiger partial charge in [0.25, 0.3) is 0 Å². The van der Waals surface area contributed by atoms with Crippen molar-refractivity contribution in [1.29, 1.82) is 0 Å². The summed E-state index contributed by atoms with van der Waals surface area (Å²) in [4.78, 5) is 11.9. The monoisotopic (exact) mass is 379 g/mol. The Labute approximate surface area is 150 Å². The third kappa shape index (κ3) is 7.46. The molecule has 0 aliphatic heterocycles. The number of ether oxygens (including phenoxy) is 2. The van der Waals surface area contributed by atoms with Gasteiger partial charge in [-0.3, -0.25) is 4.79 Å². The minimum atomic E-state index is -4.42. The number of nitrogens with one attached hydrogen (secondary N) is 1. The molecule has 0 bridgehead atoms. The van der Waals surface area contributed by atoms with E-state index in [9.17, 15) is 18.0 Å². The van der Waals surface area contributed by atoms with Crippen LogP contribution >= 0.6 is 11.8 Å². The molecule has 0 saturated heterocycles. The summed E-state index contributed by atoms with van der Waals surface area (Å²) in [5, 5.41) is 2.67. The van der Waals surface area contributed by atoms with E-state index in [0.717, 1.165) is 5.56 Å². The third-order valence-corrected chi connectivity index (χ3v) is 4.01. The molecule has 1 rings (SSSR count). The van der Waals surface area contributed by atoms with Crippen molar-refractivity contribution in [2.75, 3.05) is 19.0 Å². The van der Waals surface area contributed by atoms with Crippen molar-refractivity contribution < 1.29 is 27.4 Å². The smallest absolute Gasteiger partial charge is 0.442 e. The topological polar surface area (TPSA) is 47.6 Å². The highest BCUT2D eigenvalue weighted by molar-refractivity contribution is 8.00. The van der Waals surface area contributed by atoms with Crippen LogP contribution in [0.15, 0.2) is 18.2 Å². The van der Waals surface area contributed by atoms with Crippen LogP contribution < -0.4 is 14.8 Å². The van der Waals surface area contributed by atoms with Crippen LogP contribution in [0.4, 0.5) is 13.2 Å². The first-order valence-corrected chi connectivity index (χ1v) is 9.06. The summed E-state index contributed by atoms with van der Waals surface area (Å²) in [7, 11) is 0. The fraction of sp³-hybridized carbons (Fsp3) is 0.588. The van der Waals surface area contributed by atoms with Gasteiger partial charge in [0.1, 0.15) is 0 Å². The normalized spacial score (nSPS) is 12.8. The van der Waals surface area contributed by atoms with Gasteiger partial charge in [-0.05, 0) is 49.2 Å². The molecule has 0 heterocycles. The molecule has 8 heteroatoms. The zero-order valence-corrected chi connectivity index (χ0v) is 15.6. The zero-order chi connectivity index (χ0) is 19.0. The van der Waals surface area contributed by atoms with Crippen LogP contribution in [0.25, 0.3) is 0 Å². The summed E-state index contributed by atoms with van der Waals surface area (Å²) < 4.78 is 47.8. The maximum absolute atomic E-state index is 12.2. The number of hydrogen-bond donors (Lipinski definition) is 1. The van der Waals surface area contributed by atoms with Gasteiger partial charge in [-0.15, -0.1) is 0 Å². The van der Waals surface area contributed by atoms with Crippen LogP contribution in [0.2, 0.25) is 0 Å². The highest BCUT2D eigenvalue weighted by atomic mass is 32.2. The van der Waals surface area contributed by atoms with Gasteiger partial charge in [0, 0.05) is 0 Å². The number of alkyl halides is 3. The molecule has 0 fully saturated rings. The number of carbonyl (C=O) groups excluding carboxylic acids is 1. The Morgan fingerprint density at radius 1 is 1.16 bits per heavy atom. The molecule has 0 spiro atoms. The molecule has 4 nitrogen and oxygen atoms in total. The lowest BCUT2D eigenvalue weighted by Gasteiger charge is -2.24. The molecule has 0 radical (unpaired) electrons. The Morgan fingerprint density at radius 2 is 1.76 bits per heavy atom. The van der Waals surface area contributed by atoms with Crippen LogP contribution in [0, 0.1) is 5.92 Å². The van der Waals surface area contributed by atoms with E-state index in [1.807, 2.05) is 27.7 Å². The van der Waals surface area contributed by atoms with E-state index in [1.165, 1.54) is 0 Å². The molecule has 0 saturated carbocycles. The average Bonchev–Trinajstić information content (AvgIpc) is 2.52. The van der Waals surface area contributed by atoms with Crippen LogP contribution in [0.5, 0.6) is 11.5 Å². The van der Waals surface area contributed by atoms with E-state index in [-0.39, 0.29) is 17.7 Å². The van der Waals surface area contributed by atoms with Gasteiger partial charge in [0.15, 0.2) is 11.5 Å². The lowest BCUT2D eigenvalue weighted by Crippen LogP contribution is -2.33. The molecule has 1 atom stereocenters. The number of rotatable bonds is 9. The van der Waals surface area contributed by atoms with E-state index < -0.39 is 23.2 Å². The SMILES string of the molecule is CCOc1ccc(C(NC(=O)CSC(F)(F)F)C(C)C)cc1OCC. The largest absolute Gasteiger partial charge is 0.490 e. The van der Waals surface area contributed by atoms with Gasteiger partial charge in [-0.25, -0.2) is 0 Å². The van der Waals surface area contributed by atoms with Crippen molar-refractivity contribution in [3.05, 3.63) is 23.8 Å². The van der Waals surface area contributed by atoms with Crippen LogP contribution in [0.3, 0.4) is 0 Å².